The van der Waals surface area contributed by atoms with Crippen molar-refractivity contribution in [2.45, 2.75) is 32.4 Å². The normalized spacial score (nSPS) is 19.1. The predicted molar refractivity (Wildman–Crippen MR) is 64.2 cm³/mol. The van der Waals surface area contributed by atoms with Gasteiger partial charge in [-0.2, -0.15) is 0 Å². The number of thiazole rings is 1. The van der Waals surface area contributed by atoms with Crippen LogP contribution in [-0.2, 0) is 0 Å². The topological polar surface area (TPSA) is 28.2 Å². The molecule has 2 heterocycles. The maximum absolute atomic E-state index is 4.42. The molecule has 1 saturated heterocycles. The van der Waals surface area contributed by atoms with E-state index in [1.807, 2.05) is 6.20 Å². The van der Waals surface area contributed by atoms with E-state index in [4.69, 9.17) is 0 Å². The molecule has 0 aliphatic carbocycles. The molecule has 1 aliphatic heterocycles. The Hall–Kier alpha value is -0.450. The van der Waals surface area contributed by atoms with Crippen LogP contribution in [0.2, 0.25) is 0 Å². The van der Waals surface area contributed by atoms with E-state index in [1.54, 1.807) is 11.3 Å². The van der Waals surface area contributed by atoms with Crippen molar-refractivity contribution in [1.82, 2.24) is 15.2 Å². The molecule has 4 heteroatoms. The van der Waals surface area contributed by atoms with Gasteiger partial charge in [-0.1, -0.05) is 6.92 Å². The summed E-state index contributed by atoms with van der Waals surface area (Å²) in [6, 6.07) is 1.18. The van der Waals surface area contributed by atoms with Crippen molar-refractivity contribution >= 4 is 11.3 Å². The second-order valence-corrected chi connectivity index (χ2v) is 5.02. The number of hydrogen-bond donors (Lipinski definition) is 1. The molecule has 0 spiro atoms. The van der Waals surface area contributed by atoms with Crippen molar-refractivity contribution < 1.29 is 0 Å². The summed E-state index contributed by atoms with van der Waals surface area (Å²) < 4.78 is 0. The number of nitrogens with one attached hydrogen (secondary N) is 1. The average Bonchev–Trinajstić information content (AvgIpc) is 2.66. The molecule has 0 saturated carbocycles. The SMILES string of the molecule is CCCN(C1CNC1)C(C)c1nccs1. The van der Waals surface area contributed by atoms with Gasteiger partial charge in [0.2, 0.25) is 0 Å². The highest BCUT2D eigenvalue weighted by molar-refractivity contribution is 7.09. The molecule has 0 radical (unpaired) electrons. The van der Waals surface area contributed by atoms with Gasteiger partial charge in [-0.05, 0) is 19.9 Å². The van der Waals surface area contributed by atoms with E-state index in [2.05, 4.69) is 34.4 Å². The van der Waals surface area contributed by atoms with Crippen LogP contribution in [0.25, 0.3) is 0 Å². The first-order valence-electron chi connectivity index (χ1n) is 5.68. The van der Waals surface area contributed by atoms with E-state index in [9.17, 15) is 0 Å². The lowest BCUT2D eigenvalue weighted by atomic mass is 10.1. The maximum atomic E-state index is 4.42. The van der Waals surface area contributed by atoms with Crippen molar-refractivity contribution in [3.05, 3.63) is 16.6 Å². The molecule has 15 heavy (non-hydrogen) atoms. The Morgan fingerprint density at radius 3 is 2.93 bits per heavy atom. The molecule has 0 amide bonds. The quantitative estimate of drug-likeness (QED) is 0.829. The number of hydrogen-bond acceptors (Lipinski definition) is 4. The molecule has 2 rings (SSSR count). The van der Waals surface area contributed by atoms with E-state index in [0.29, 0.717) is 12.1 Å². The van der Waals surface area contributed by atoms with Crippen LogP contribution in [0, 0.1) is 0 Å². The Labute approximate surface area is 95.5 Å². The summed E-state index contributed by atoms with van der Waals surface area (Å²) in [5.41, 5.74) is 0. The van der Waals surface area contributed by atoms with Crippen molar-refractivity contribution in [1.29, 1.82) is 0 Å². The van der Waals surface area contributed by atoms with Crippen LogP contribution >= 0.6 is 11.3 Å². The lowest BCUT2D eigenvalue weighted by Gasteiger charge is -2.41. The molecule has 1 N–H and O–H groups in total. The van der Waals surface area contributed by atoms with Crippen molar-refractivity contribution in [2.24, 2.45) is 0 Å². The summed E-state index contributed by atoms with van der Waals surface area (Å²) in [4.78, 5) is 7.00. The van der Waals surface area contributed by atoms with Crippen LogP contribution in [-0.4, -0.2) is 35.6 Å². The fourth-order valence-electron chi connectivity index (χ4n) is 2.04. The molecule has 1 aromatic rings. The maximum Gasteiger partial charge on any atom is 0.109 e. The van der Waals surface area contributed by atoms with E-state index in [-0.39, 0.29) is 0 Å². The average molecular weight is 225 g/mol. The monoisotopic (exact) mass is 225 g/mol. The highest BCUT2D eigenvalue weighted by Gasteiger charge is 2.29. The largest absolute Gasteiger partial charge is 0.314 e. The first-order valence-corrected chi connectivity index (χ1v) is 6.56. The van der Waals surface area contributed by atoms with Gasteiger partial charge in [0.25, 0.3) is 0 Å². The second-order valence-electron chi connectivity index (χ2n) is 4.10. The van der Waals surface area contributed by atoms with E-state index < -0.39 is 0 Å². The van der Waals surface area contributed by atoms with Crippen LogP contribution < -0.4 is 5.32 Å². The summed E-state index contributed by atoms with van der Waals surface area (Å²) in [6.07, 6.45) is 3.12. The zero-order valence-electron chi connectivity index (χ0n) is 9.44. The molecule has 1 fully saturated rings. The van der Waals surface area contributed by atoms with Gasteiger partial charge in [-0.3, -0.25) is 4.90 Å². The van der Waals surface area contributed by atoms with Crippen LogP contribution in [0.4, 0.5) is 0 Å². The van der Waals surface area contributed by atoms with Crippen LogP contribution in [0.3, 0.4) is 0 Å². The zero-order chi connectivity index (χ0) is 10.7. The second kappa shape index (κ2) is 5.05. The van der Waals surface area contributed by atoms with Gasteiger partial charge < -0.3 is 5.32 Å². The summed E-state index contributed by atoms with van der Waals surface area (Å²) in [5.74, 6) is 0. The molecular formula is C11H19N3S. The molecule has 1 atom stereocenters. The molecule has 0 aromatic carbocycles. The van der Waals surface area contributed by atoms with Gasteiger partial charge in [-0.15, -0.1) is 11.3 Å². The minimum atomic E-state index is 0.469. The number of aromatic nitrogens is 1. The lowest BCUT2D eigenvalue weighted by Crippen LogP contribution is -2.57. The third-order valence-electron chi connectivity index (χ3n) is 3.02. The number of nitrogens with zero attached hydrogens (tertiary/aromatic N) is 2. The highest BCUT2D eigenvalue weighted by atomic mass is 32.1. The molecular weight excluding hydrogens is 206 g/mol. The van der Waals surface area contributed by atoms with Crippen LogP contribution in [0.5, 0.6) is 0 Å². The Kier molecular flexibility index (Phi) is 3.72. The minimum absolute atomic E-state index is 0.469. The fraction of sp³-hybridized carbons (Fsp3) is 0.727. The van der Waals surface area contributed by atoms with E-state index >= 15 is 0 Å². The van der Waals surface area contributed by atoms with Crippen molar-refractivity contribution in [3.63, 3.8) is 0 Å². The molecule has 1 unspecified atom stereocenters. The number of rotatable bonds is 5. The van der Waals surface area contributed by atoms with Gasteiger partial charge in [0.05, 0.1) is 6.04 Å². The third-order valence-corrected chi connectivity index (χ3v) is 3.96. The summed E-state index contributed by atoms with van der Waals surface area (Å²) in [6.45, 7) is 7.96. The van der Waals surface area contributed by atoms with Crippen LogP contribution in [0.15, 0.2) is 11.6 Å². The van der Waals surface area contributed by atoms with Gasteiger partial charge in [0.1, 0.15) is 5.01 Å². The van der Waals surface area contributed by atoms with Gasteiger partial charge in [0.15, 0.2) is 0 Å². The Morgan fingerprint density at radius 1 is 1.67 bits per heavy atom. The standard InChI is InChI=1S/C11H19N3S/c1-3-5-14(10-7-12-8-10)9(2)11-13-4-6-15-11/h4,6,9-10,12H,3,5,7-8H2,1-2H3. The first kappa shape index (κ1) is 11.0. The molecule has 0 bridgehead atoms. The van der Waals surface area contributed by atoms with Gasteiger partial charge >= 0.3 is 0 Å². The summed E-state index contributed by atoms with van der Waals surface area (Å²) >= 11 is 1.76. The molecule has 1 aliphatic rings. The van der Waals surface area contributed by atoms with E-state index in [1.165, 1.54) is 18.0 Å². The zero-order valence-corrected chi connectivity index (χ0v) is 10.3. The Morgan fingerprint density at radius 2 is 2.47 bits per heavy atom. The highest BCUT2D eigenvalue weighted by Crippen LogP contribution is 2.25. The fourth-order valence-corrected chi connectivity index (χ4v) is 2.76. The smallest absolute Gasteiger partial charge is 0.109 e. The van der Waals surface area contributed by atoms with E-state index in [0.717, 1.165) is 13.1 Å². The lowest BCUT2D eigenvalue weighted by molar-refractivity contribution is 0.103. The molecule has 3 nitrogen and oxygen atoms in total. The van der Waals surface area contributed by atoms with Crippen molar-refractivity contribution in [2.75, 3.05) is 19.6 Å². The summed E-state index contributed by atoms with van der Waals surface area (Å²) in [5, 5.41) is 6.65. The minimum Gasteiger partial charge on any atom is -0.314 e. The summed E-state index contributed by atoms with van der Waals surface area (Å²) in [7, 11) is 0. The Bertz CT molecular complexity index is 282. The first-order chi connectivity index (χ1) is 7.33. The van der Waals surface area contributed by atoms with Crippen molar-refractivity contribution in [3.8, 4) is 0 Å². The predicted octanol–water partition coefficient (Wildman–Crippen LogP) is 1.89. The van der Waals surface area contributed by atoms with Gasteiger partial charge in [-0.25, -0.2) is 4.98 Å². The molecule has 1 aromatic heterocycles. The third kappa shape index (κ3) is 2.38. The Balaban J connectivity index is 2.03. The molecule has 84 valence electrons. The van der Waals surface area contributed by atoms with Gasteiger partial charge in [0, 0.05) is 30.7 Å². The van der Waals surface area contributed by atoms with Crippen LogP contribution in [0.1, 0.15) is 31.3 Å².